The second-order valence-electron chi connectivity index (χ2n) is 6.78. The first-order valence-corrected chi connectivity index (χ1v) is 9.33. The molecule has 0 radical (unpaired) electrons. The van der Waals surface area contributed by atoms with Crippen molar-refractivity contribution in [2.45, 2.75) is 19.5 Å². The van der Waals surface area contributed by atoms with Crippen LogP contribution in [0.2, 0.25) is 0 Å². The van der Waals surface area contributed by atoms with Crippen LogP contribution in [-0.2, 0) is 6.18 Å². The molecule has 0 unspecified atom stereocenters. The fraction of sp³-hybridized carbons (Fsp3) is 0.190. The van der Waals surface area contributed by atoms with Crippen molar-refractivity contribution in [2.75, 3.05) is 12.3 Å². The van der Waals surface area contributed by atoms with E-state index < -0.39 is 17.6 Å². The van der Waals surface area contributed by atoms with Crippen molar-refractivity contribution in [3.8, 4) is 5.69 Å². The largest absolute Gasteiger partial charge is 0.416 e. The van der Waals surface area contributed by atoms with Crippen molar-refractivity contribution in [2.24, 2.45) is 0 Å². The van der Waals surface area contributed by atoms with E-state index in [4.69, 9.17) is 5.73 Å². The van der Waals surface area contributed by atoms with Crippen LogP contribution in [0.5, 0.6) is 0 Å². The maximum atomic E-state index is 13.2. The highest BCUT2D eigenvalue weighted by Crippen LogP contribution is 2.34. The van der Waals surface area contributed by atoms with Crippen molar-refractivity contribution in [1.82, 2.24) is 19.9 Å². The van der Waals surface area contributed by atoms with Gasteiger partial charge in [0.05, 0.1) is 16.6 Å². The third kappa shape index (κ3) is 3.32. The minimum atomic E-state index is -4.52. The van der Waals surface area contributed by atoms with Gasteiger partial charge in [0.15, 0.2) is 5.65 Å². The molecule has 6 nitrogen and oxygen atoms in total. The van der Waals surface area contributed by atoms with Crippen molar-refractivity contribution in [3.05, 3.63) is 59.7 Å². The van der Waals surface area contributed by atoms with Gasteiger partial charge in [-0.15, -0.1) is 0 Å². The molecule has 3 N–H and O–H groups in total. The van der Waals surface area contributed by atoms with Crippen LogP contribution in [0, 0.1) is 0 Å². The summed E-state index contributed by atoms with van der Waals surface area (Å²) in [6.45, 7) is 2.33. The van der Waals surface area contributed by atoms with Crippen molar-refractivity contribution < 1.29 is 18.0 Å². The van der Waals surface area contributed by atoms with Crippen LogP contribution >= 0.6 is 0 Å². The number of hydrogen-bond acceptors (Lipinski definition) is 4. The lowest BCUT2D eigenvalue weighted by molar-refractivity contribution is -0.137. The number of benzene rings is 2. The zero-order chi connectivity index (χ0) is 21.5. The van der Waals surface area contributed by atoms with E-state index in [1.807, 2.05) is 6.92 Å². The number of amides is 1. The minimum Gasteiger partial charge on any atom is -0.384 e. The third-order valence-corrected chi connectivity index (χ3v) is 4.69. The van der Waals surface area contributed by atoms with E-state index in [2.05, 4.69) is 15.3 Å². The molecule has 0 fully saturated rings. The molecule has 0 aliphatic heterocycles. The average Bonchev–Trinajstić information content (AvgIpc) is 3.00. The van der Waals surface area contributed by atoms with E-state index >= 15 is 0 Å². The van der Waals surface area contributed by atoms with Gasteiger partial charge in [-0.3, -0.25) is 9.36 Å². The molecule has 0 spiro atoms. The number of fused-ring (bicyclic) bond motifs is 2. The Balaban J connectivity index is 2.03. The zero-order valence-electron chi connectivity index (χ0n) is 16.0. The molecule has 30 heavy (non-hydrogen) atoms. The quantitative estimate of drug-likeness (QED) is 0.522. The summed E-state index contributed by atoms with van der Waals surface area (Å²) in [6, 6.07) is 11.8. The normalized spacial score (nSPS) is 11.9. The van der Waals surface area contributed by atoms with Crippen LogP contribution in [0.1, 0.15) is 29.3 Å². The van der Waals surface area contributed by atoms with Gasteiger partial charge in [0, 0.05) is 12.2 Å². The molecule has 9 heteroatoms. The number of nitrogen functional groups attached to an aromatic ring is 1. The van der Waals surface area contributed by atoms with Crippen LogP contribution < -0.4 is 11.1 Å². The van der Waals surface area contributed by atoms with E-state index in [0.29, 0.717) is 24.0 Å². The highest BCUT2D eigenvalue weighted by Gasteiger charge is 2.31. The summed E-state index contributed by atoms with van der Waals surface area (Å²) in [7, 11) is 0. The van der Waals surface area contributed by atoms with Gasteiger partial charge in [-0.1, -0.05) is 25.1 Å². The van der Waals surface area contributed by atoms with Gasteiger partial charge in [-0.2, -0.15) is 13.2 Å². The molecule has 0 bridgehead atoms. The van der Waals surface area contributed by atoms with Crippen LogP contribution in [0.4, 0.5) is 19.0 Å². The van der Waals surface area contributed by atoms with Crippen molar-refractivity contribution >= 4 is 33.9 Å². The van der Waals surface area contributed by atoms with Gasteiger partial charge in [0.1, 0.15) is 16.9 Å². The smallest absolute Gasteiger partial charge is 0.384 e. The van der Waals surface area contributed by atoms with Gasteiger partial charge in [-0.05, 0) is 36.8 Å². The maximum Gasteiger partial charge on any atom is 0.416 e. The summed E-state index contributed by atoms with van der Waals surface area (Å²) in [5.74, 6) is -0.470. The highest BCUT2D eigenvalue weighted by atomic mass is 19.4. The fourth-order valence-electron chi connectivity index (χ4n) is 3.30. The number of anilines is 1. The molecule has 0 aliphatic rings. The number of hydrogen-bond donors (Lipinski definition) is 2. The number of nitrogens with zero attached hydrogens (tertiary/aromatic N) is 3. The van der Waals surface area contributed by atoms with E-state index in [1.165, 1.54) is 16.7 Å². The zero-order valence-corrected chi connectivity index (χ0v) is 16.0. The Morgan fingerprint density at radius 1 is 1.10 bits per heavy atom. The average molecular weight is 413 g/mol. The lowest BCUT2D eigenvalue weighted by Gasteiger charge is -2.12. The molecule has 2 aromatic carbocycles. The van der Waals surface area contributed by atoms with Crippen molar-refractivity contribution in [1.29, 1.82) is 0 Å². The predicted molar refractivity (Wildman–Crippen MR) is 108 cm³/mol. The van der Waals surface area contributed by atoms with Gasteiger partial charge >= 0.3 is 6.18 Å². The summed E-state index contributed by atoms with van der Waals surface area (Å²) >= 11 is 0. The lowest BCUT2D eigenvalue weighted by Crippen LogP contribution is -2.25. The number of alkyl halides is 3. The molecule has 0 atom stereocenters. The summed E-state index contributed by atoms with van der Waals surface area (Å²) < 4.78 is 41.1. The highest BCUT2D eigenvalue weighted by molar-refractivity contribution is 6.11. The molecule has 1 amide bonds. The van der Waals surface area contributed by atoms with Gasteiger partial charge < -0.3 is 11.1 Å². The Morgan fingerprint density at radius 3 is 2.47 bits per heavy atom. The van der Waals surface area contributed by atoms with Crippen LogP contribution in [0.3, 0.4) is 0 Å². The Bertz CT molecular complexity index is 1260. The number of halogens is 3. The molecular formula is C21H18F3N5O. The Hall–Kier alpha value is -3.62. The summed E-state index contributed by atoms with van der Waals surface area (Å²) in [5.41, 5.74) is 7.23. The molecule has 0 aliphatic carbocycles. The van der Waals surface area contributed by atoms with Gasteiger partial charge in [0.2, 0.25) is 0 Å². The number of carbonyl (C=O) groups excluding carboxylic acids is 1. The van der Waals surface area contributed by atoms with E-state index in [9.17, 15) is 18.0 Å². The summed E-state index contributed by atoms with van der Waals surface area (Å²) in [4.78, 5) is 21.9. The minimum absolute atomic E-state index is 0.0202. The molecule has 0 saturated carbocycles. The molecule has 154 valence electrons. The van der Waals surface area contributed by atoms with Crippen molar-refractivity contribution in [3.63, 3.8) is 0 Å². The molecule has 4 rings (SSSR count). The van der Waals surface area contributed by atoms with Gasteiger partial charge in [0.25, 0.3) is 5.91 Å². The third-order valence-electron chi connectivity index (χ3n) is 4.69. The first-order chi connectivity index (χ1) is 14.3. The Morgan fingerprint density at radius 2 is 1.80 bits per heavy atom. The number of aromatic nitrogens is 3. The van der Waals surface area contributed by atoms with Crippen LogP contribution in [0.15, 0.2) is 48.5 Å². The number of carbonyl (C=O) groups is 1. The SMILES string of the molecule is CCCNC(=O)c1c(N)n(-c2cccc(C(F)(F)F)c2)c2nc3ccccc3nc12. The Kier molecular flexibility index (Phi) is 4.81. The number of rotatable bonds is 4. The van der Waals surface area contributed by atoms with Gasteiger partial charge in [-0.25, -0.2) is 9.97 Å². The summed E-state index contributed by atoms with van der Waals surface area (Å²) in [6.07, 6.45) is -3.81. The maximum absolute atomic E-state index is 13.2. The number of para-hydroxylation sites is 2. The predicted octanol–water partition coefficient (Wildman–Crippen LogP) is 4.31. The fourth-order valence-corrected chi connectivity index (χ4v) is 3.30. The standard InChI is InChI=1S/C21H18F3N5O/c1-2-10-26-20(30)16-17-19(28-15-9-4-3-8-14(15)27-17)29(18(16)25)13-7-5-6-12(11-13)21(22,23)24/h3-9,11H,2,10,25H2,1H3,(H,26,30). The second-order valence-corrected chi connectivity index (χ2v) is 6.78. The topological polar surface area (TPSA) is 85.8 Å². The van der Waals surface area contributed by atoms with Crippen LogP contribution in [0.25, 0.3) is 27.9 Å². The molecule has 0 saturated heterocycles. The number of nitrogens with two attached hydrogens (primary N) is 1. The van der Waals surface area contributed by atoms with E-state index in [0.717, 1.165) is 12.1 Å². The second kappa shape index (κ2) is 7.33. The first-order valence-electron chi connectivity index (χ1n) is 9.33. The first kappa shape index (κ1) is 19.7. The molecule has 2 heterocycles. The van der Waals surface area contributed by atoms with E-state index in [-0.39, 0.29) is 28.2 Å². The van der Waals surface area contributed by atoms with E-state index in [1.54, 1.807) is 24.3 Å². The molecule has 2 aromatic heterocycles. The molecule has 4 aromatic rings. The molecular weight excluding hydrogens is 395 g/mol. The summed E-state index contributed by atoms with van der Waals surface area (Å²) in [5, 5.41) is 2.75. The number of nitrogens with one attached hydrogen (secondary N) is 1. The monoisotopic (exact) mass is 413 g/mol. The lowest BCUT2D eigenvalue weighted by atomic mass is 10.2. The van der Waals surface area contributed by atoms with Crippen LogP contribution in [-0.4, -0.2) is 27.0 Å². The Labute approximate surface area is 169 Å².